The summed E-state index contributed by atoms with van der Waals surface area (Å²) in [4.78, 5) is 0. The van der Waals surface area contributed by atoms with E-state index in [-0.39, 0.29) is 23.9 Å². The van der Waals surface area contributed by atoms with Gasteiger partial charge in [0.15, 0.2) is 0 Å². The largest absolute Gasteiger partial charge is 2.00 e. The molecule has 0 saturated carbocycles. The molecule has 0 aromatic rings. The summed E-state index contributed by atoms with van der Waals surface area (Å²) in [5.41, 5.74) is 0. The van der Waals surface area contributed by atoms with Gasteiger partial charge in [0.05, 0.1) is 0 Å². The fraction of sp³-hybridized carbons (Fsp3) is 0.500. The molecule has 0 saturated heterocycles. The van der Waals surface area contributed by atoms with E-state index >= 15 is 0 Å². The summed E-state index contributed by atoms with van der Waals surface area (Å²) in [5.74, 6) is 0. The topological polar surface area (TPSA) is 0 Å². The third-order valence-electron chi connectivity index (χ3n) is 0. The van der Waals surface area contributed by atoms with E-state index in [2.05, 4.69) is 49.7 Å². The summed E-state index contributed by atoms with van der Waals surface area (Å²) in [6.07, 6.45) is 0. The Balaban J connectivity index is -0.0000000720. The minimum Gasteiger partial charge on any atom is -0.433 e. The Kier molecular flexibility index (Phi) is 22.6. The number of hydrogen-bond acceptors (Lipinski definition) is 4. The molecule has 0 bridgehead atoms. The molecular formula is C4H6S4Sn. The van der Waals surface area contributed by atoms with Gasteiger partial charge in [-0.3, -0.25) is 0 Å². The molecule has 0 unspecified atom stereocenters. The standard InChI is InChI=1S/2C2H4S2.Sn/c2*1-2(3)4;/h2*1H3,(H,3,4);/q;;+2/p-2. The maximum atomic E-state index is 4.35. The Morgan fingerprint density at radius 1 is 1.00 bits per heavy atom. The minimum atomic E-state index is 0. The summed E-state index contributed by atoms with van der Waals surface area (Å²) in [6, 6.07) is 0. The van der Waals surface area contributed by atoms with Crippen molar-refractivity contribution in [1.82, 2.24) is 0 Å². The average Bonchev–Trinajstić information content (AvgIpc) is 1.25. The number of rotatable bonds is 0. The molecule has 50 valence electrons. The van der Waals surface area contributed by atoms with Crippen molar-refractivity contribution in [2.24, 2.45) is 0 Å². The molecule has 0 nitrogen and oxygen atoms in total. The van der Waals surface area contributed by atoms with E-state index in [0.29, 0.717) is 8.39 Å². The zero-order valence-corrected chi connectivity index (χ0v) is 11.3. The molecule has 2 radical (unpaired) electrons. The molecular weight excluding hydrogens is 295 g/mol. The Labute approximate surface area is 94.9 Å². The Bertz CT molecular complexity index is 70.6. The van der Waals surface area contributed by atoms with Crippen LogP contribution < -0.4 is 0 Å². The van der Waals surface area contributed by atoms with Gasteiger partial charge < -0.3 is 49.7 Å². The van der Waals surface area contributed by atoms with Crippen molar-refractivity contribution in [1.29, 1.82) is 0 Å². The van der Waals surface area contributed by atoms with Gasteiger partial charge in [0.25, 0.3) is 0 Å². The quantitative estimate of drug-likeness (QED) is 0.376. The summed E-state index contributed by atoms with van der Waals surface area (Å²) in [6.45, 7) is 3.43. The van der Waals surface area contributed by atoms with E-state index < -0.39 is 0 Å². The van der Waals surface area contributed by atoms with Crippen molar-refractivity contribution < 1.29 is 0 Å². The zero-order valence-electron chi connectivity index (χ0n) is 5.13. The normalized spacial score (nSPS) is 5.56. The molecule has 0 N–H and O–H groups in total. The van der Waals surface area contributed by atoms with Crippen LogP contribution in [0.15, 0.2) is 0 Å². The molecule has 0 aliphatic carbocycles. The molecule has 0 fully saturated rings. The fourth-order valence-electron chi connectivity index (χ4n) is 0. The van der Waals surface area contributed by atoms with Crippen LogP contribution in [0, 0.1) is 0 Å². The van der Waals surface area contributed by atoms with Gasteiger partial charge in [0.1, 0.15) is 0 Å². The van der Waals surface area contributed by atoms with Gasteiger partial charge in [-0.05, 0) is 0 Å². The van der Waals surface area contributed by atoms with Crippen LogP contribution in [0.3, 0.4) is 0 Å². The van der Waals surface area contributed by atoms with Gasteiger partial charge in [-0.25, -0.2) is 0 Å². The molecule has 0 amide bonds. The van der Waals surface area contributed by atoms with Crippen LogP contribution in [-0.4, -0.2) is 32.3 Å². The van der Waals surface area contributed by atoms with Crippen LogP contribution in [0.5, 0.6) is 0 Å². The second-order valence-electron chi connectivity index (χ2n) is 0.983. The van der Waals surface area contributed by atoms with Crippen molar-refractivity contribution in [3.8, 4) is 0 Å². The predicted octanol–water partition coefficient (Wildman–Crippen LogP) is 1.38. The van der Waals surface area contributed by atoms with Gasteiger partial charge in [-0.1, -0.05) is 13.8 Å². The van der Waals surface area contributed by atoms with Crippen molar-refractivity contribution >= 4 is 82.0 Å². The van der Waals surface area contributed by atoms with E-state index in [9.17, 15) is 0 Å². The first-order valence-corrected chi connectivity index (χ1v) is 3.45. The van der Waals surface area contributed by atoms with Gasteiger partial charge in [-0.2, -0.15) is 8.39 Å². The zero-order chi connectivity index (χ0) is 7.15. The molecule has 0 rings (SSSR count). The second-order valence-corrected chi connectivity index (χ2v) is 3.95. The summed E-state index contributed by atoms with van der Waals surface area (Å²) in [5, 5.41) is 0. The maximum absolute atomic E-state index is 4.35. The van der Waals surface area contributed by atoms with E-state index in [1.807, 2.05) is 0 Å². The Morgan fingerprint density at radius 2 is 1.00 bits per heavy atom. The van der Waals surface area contributed by atoms with Crippen LogP contribution in [-0.2, 0) is 25.3 Å². The molecule has 0 heterocycles. The molecule has 0 spiro atoms. The molecule has 0 aliphatic rings. The summed E-state index contributed by atoms with van der Waals surface area (Å²) in [7, 11) is 0. The Hall–Kier alpha value is 1.42. The molecule has 5 heteroatoms. The average molecular weight is 301 g/mol. The smallest absolute Gasteiger partial charge is 0.433 e. The Morgan fingerprint density at radius 3 is 1.00 bits per heavy atom. The second kappa shape index (κ2) is 12.1. The van der Waals surface area contributed by atoms with E-state index in [4.69, 9.17) is 0 Å². The van der Waals surface area contributed by atoms with Crippen LogP contribution in [0.1, 0.15) is 13.8 Å². The van der Waals surface area contributed by atoms with Crippen molar-refractivity contribution in [3.05, 3.63) is 0 Å². The number of hydrogen-bond donors (Lipinski definition) is 0. The van der Waals surface area contributed by atoms with Crippen molar-refractivity contribution in [3.63, 3.8) is 0 Å². The first-order chi connectivity index (χ1) is 3.46. The third-order valence-corrected chi connectivity index (χ3v) is 0. The van der Waals surface area contributed by atoms with Crippen LogP contribution in [0.4, 0.5) is 0 Å². The van der Waals surface area contributed by atoms with Crippen LogP contribution in [0.25, 0.3) is 0 Å². The van der Waals surface area contributed by atoms with Crippen molar-refractivity contribution in [2.45, 2.75) is 13.8 Å². The first-order valence-electron chi connectivity index (χ1n) is 1.82. The SMILES string of the molecule is CC(=S)[S-].CC(=S)[S-].[Sn+2]. The van der Waals surface area contributed by atoms with Crippen LogP contribution in [0.2, 0.25) is 0 Å². The molecule has 0 aliphatic heterocycles. The monoisotopic (exact) mass is 302 g/mol. The fourth-order valence-corrected chi connectivity index (χ4v) is 0. The molecule has 0 aromatic heterocycles. The van der Waals surface area contributed by atoms with Crippen LogP contribution >= 0.6 is 24.4 Å². The molecule has 0 atom stereocenters. The van der Waals surface area contributed by atoms with E-state index in [0.717, 1.165) is 0 Å². The van der Waals surface area contributed by atoms with Gasteiger partial charge in [-0.15, -0.1) is 0 Å². The molecule has 0 aromatic carbocycles. The number of thiocarbonyl (C=S) groups is 2. The van der Waals surface area contributed by atoms with Gasteiger partial charge in [0.2, 0.25) is 0 Å². The maximum Gasteiger partial charge on any atom is 2.00 e. The third kappa shape index (κ3) is 258. The summed E-state index contributed by atoms with van der Waals surface area (Å²) < 4.78 is 1.17. The van der Waals surface area contributed by atoms with E-state index in [1.165, 1.54) is 0 Å². The van der Waals surface area contributed by atoms with Gasteiger partial charge >= 0.3 is 23.9 Å². The molecule has 9 heavy (non-hydrogen) atoms. The predicted molar refractivity (Wildman–Crippen MR) is 57.0 cm³/mol. The minimum absolute atomic E-state index is 0. The summed E-state index contributed by atoms with van der Waals surface area (Å²) >= 11 is 17.4. The first kappa shape index (κ1) is 16.8. The van der Waals surface area contributed by atoms with Crippen molar-refractivity contribution in [2.75, 3.05) is 0 Å². The van der Waals surface area contributed by atoms with E-state index in [1.54, 1.807) is 13.8 Å². The van der Waals surface area contributed by atoms with Gasteiger partial charge in [0, 0.05) is 0 Å².